The zero-order valence-electron chi connectivity index (χ0n) is 11.8. The molecule has 2 rings (SSSR count). The molecule has 19 heavy (non-hydrogen) atoms. The molecular weight excluding hydrogens is 244 g/mol. The second-order valence-electron chi connectivity index (χ2n) is 4.97. The molecule has 6 heteroatoms. The summed E-state index contributed by atoms with van der Waals surface area (Å²) in [6.07, 6.45) is 1.57. The average molecular weight is 266 g/mol. The Hall–Kier alpha value is -1.40. The Morgan fingerprint density at radius 2 is 2.32 bits per heavy atom. The number of nitrogens with one attached hydrogen (secondary N) is 1. The Morgan fingerprint density at radius 1 is 1.53 bits per heavy atom. The number of anilines is 2. The maximum atomic E-state index is 9.50. The van der Waals surface area contributed by atoms with Crippen molar-refractivity contribution in [2.45, 2.75) is 25.8 Å². The fourth-order valence-electron chi connectivity index (χ4n) is 2.43. The summed E-state index contributed by atoms with van der Waals surface area (Å²) in [7, 11) is 1.86. The lowest BCUT2D eigenvalue weighted by atomic mass is 10.0. The van der Waals surface area contributed by atoms with E-state index in [1.807, 2.05) is 7.05 Å². The van der Waals surface area contributed by atoms with Gasteiger partial charge >= 0.3 is 0 Å². The van der Waals surface area contributed by atoms with E-state index >= 15 is 0 Å². The van der Waals surface area contributed by atoms with E-state index in [2.05, 4.69) is 34.0 Å². The van der Waals surface area contributed by atoms with Crippen LogP contribution in [0.3, 0.4) is 0 Å². The van der Waals surface area contributed by atoms with Crippen LogP contribution in [0.5, 0.6) is 0 Å². The zero-order valence-corrected chi connectivity index (χ0v) is 11.8. The summed E-state index contributed by atoms with van der Waals surface area (Å²) >= 11 is 0. The predicted molar refractivity (Wildman–Crippen MR) is 74.7 cm³/mol. The molecule has 0 aliphatic carbocycles. The average Bonchev–Trinajstić information content (AvgIpc) is 2.46. The lowest BCUT2D eigenvalue weighted by Crippen LogP contribution is -2.48. The van der Waals surface area contributed by atoms with E-state index in [-0.39, 0.29) is 12.6 Å². The number of hydrogen-bond donors (Lipinski definition) is 2. The molecule has 1 fully saturated rings. The van der Waals surface area contributed by atoms with Crippen molar-refractivity contribution >= 4 is 11.6 Å². The van der Waals surface area contributed by atoms with Crippen molar-refractivity contribution in [1.82, 2.24) is 9.97 Å². The van der Waals surface area contributed by atoms with Gasteiger partial charge in [-0.05, 0) is 5.92 Å². The van der Waals surface area contributed by atoms with Crippen LogP contribution >= 0.6 is 0 Å². The fourth-order valence-corrected chi connectivity index (χ4v) is 2.43. The molecule has 0 aromatic carbocycles. The van der Waals surface area contributed by atoms with Gasteiger partial charge in [0.25, 0.3) is 0 Å². The molecule has 0 amide bonds. The number of morpholine rings is 1. The molecule has 0 spiro atoms. The largest absolute Gasteiger partial charge is 0.394 e. The Labute approximate surface area is 113 Å². The summed E-state index contributed by atoms with van der Waals surface area (Å²) in [6.45, 7) is 6.25. The van der Waals surface area contributed by atoms with E-state index in [1.54, 1.807) is 6.33 Å². The van der Waals surface area contributed by atoms with E-state index < -0.39 is 0 Å². The van der Waals surface area contributed by atoms with Gasteiger partial charge in [0.2, 0.25) is 0 Å². The van der Waals surface area contributed by atoms with Crippen LogP contribution in [0.15, 0.2) is 6.33 Å². The van der Waals surface area contributed by atoms with Gasteiger partial charge in [-0.25, -0.2) is 9.97 Å². The van der Waals surface area contributed by atoms with Gasteiger partial charge in [0.1, 0.15) is 18.0 Å². The number of ether oxygens (including phenoxy) is 1. The Morgan fingerprint density at radius 3 is 2.95 bits per heavy atom. The molecule has 2 N–H and O–H groups in total. The Bertz CT molecular complexity index is 425. The fraction of sp³-hybridized carbons (Fsp3) is 0.692. The summed E-state index contributed by atoms with van der Waals surface area (Å²) in [4.78, 5) is 10.8. The summed E-state index contributed by atoms with van der Waals surface area (Å²) in [6, 6.07) is -0.0362. The van der Waals surface area contributed by atoms with E-state index in [0.717, 1.165) is 23.7 Å². The van der Waals surface area contributed by atoms with E-state index in [9.17, 15) is 5.11 Å². The van der Waals surface area contributed by atoms with Crippen molar-refractivity contribution < 1.29 is 9.84 Å². The minimum atomic E-state index is -0.0362. The highest BCUT2D eigenvalue weighted by molar-refractivity contribution is 5.60. The lowest BCUT2D eigenvalue weighted by Gasteiger charge is -2.37. The van der Waals surface area contributed by atoms with Gasteiger partial charge in [-0.1, -0.05) is 13.8 Å². The number of hydrogen-bond acceptors (Lipinski definition) is 6. The maximum Gasteiger partial charge on any atom is 0.138 e. The second-order valence-corrected chi connectivity index (χ2v) is 4.97. The number of aromatic nitrogens is 2. The number of aliphatic hydroxyl groups excluding tert-OH is 1. The number of nitrogens with zero attached hydrogens (tertiary/aromatic N) is 3. The highest BCUT2D eigenvalue weighted by Crippen LogP contribution is 2.32. The molecule has 0 saturated carbocycles. The molecule has 1 saturated heterocycles. The van der Waals surface area contributed by atoms with Crippen LogP contribution in [0.1, 0.15) is 25.3 Å². The van der Waals surface area contributed by atoms with Crippen molar-refractivity contribution in [1.29, 1.82) is 0 Å². The van der Waals surface area contributed by atoms with Gasteiger partial charge in [-0.15, -0.1) is 0 Å². The molecule has 1 aliphatic rings. The quantitative estimate of drug-likeness (QED) is 0.841. The predicted octanol–water partition coefficient (Wildman–Crippen LogP) is 0.839. The zero-order chi connectivity index (χ0) is 13.8. The Balaban J connectivity index is 2.42. The summed E-state index contributed by atoms with van der Waals surface area (Å²) in [5.41, 5.74) is 1.09. The normalized spacial score (nSPS) is 19.8. The van der Waals surface area contributed by atoms with Crippen molar-refractivity contribution in [3.63, 3.8) is 0 Å². The monoisotopic (exact) mass is 266 g/mol. The van der Waals surface area contributed by atoms with Crippen LogP contribution in [0.4, 0.5) is 11.6 Å². The molecular formula is C13H22N4O2. The van der Waals surface area contributed by atoms with Gasteiger partial charge < -0.3 is 20.1 Å². The van der Waals surface area contributed by atoms with Gasteiger partial charge in [-0.3, -0.25) is 0 Å². The first-order chi connectivity index (χ1) is 9.19. The topological polar surface area (TPSA) is 70.5 Å². The molecule has 1 unspecified atom stereocenters. The van der Waals surface area contributed by atoms with Gasteiger partial charge in [-0.2, -0.15) is 0 Å². The summed E-state index contributed by atoms with van der Waals surface area (Å²) < 4.78 is 5.42. The van der Waals surface area contributed by atoms with Crippen LogP contribution in [0.25, 0.3) is 0 Å². The number of rotatable bonds is 4. The minimum absolute atomic E-state index is 0.0362. The van der Waals surface area contributed by atoms with Crippen LogP contribution in [0.2, 0.25) is 0 Å². The molecule has 1 aromatic heterocycles. The van der Waals surface area contributed by atoms with Gasteiger partial charge in [0.05, 0.1) is 25.9 Å². The summed E-state index contributed by atoms with van der Waals surface area (Å²) in [5.74, 6) is 2.06. The van der Waals surface area contributed by atoms with Crippen LogP contribution in [-0.4, -0.2) is 54.5 Å². The van der Waals surface area contributed by atoms with E-state index in [4.69, 9.17) is 4.74 Å². The van der Waals surface area contributed by atoms with Crippen molar-refractivity contribution in [2.24, 2.45) is 0 Å². The maximum absolute atomic E-state index is 9.50. The molecule has 0 radical (unpaired) electrons. The molecule has 1 aromatic rings. The van der Waals surface area contributed by atoms with Crippen LogP contribution < -0.4 is 10.2 Å². The van der Waals surface area contributed by atoms with Crippen LogP contribution in [0, 0.1) is 0 Å². The summed E-state index contributed by atoms with van der Waals surface area (Å²) in [5, 5.41) is 12.6. The van der Waals surface area contributed by atoms with Crippen molar-refractivity contribution in [2.75, 3.05) is 43.6 Å². The molecule has 6 nitrogen and oxygen atoms in total. The first-order valence-corrected chi connectivity index (χ1v) is 6.67. The second kappa shape index (κ2) is 6.16. The third kappa shape index (κ3) is 2.79. The smallest absolute Gasteiger partial charge is 0.138 e. The molecule has 106 valence electrons. The number of aliphatic hydroxyl groups is 1. The van der Waals surface area contributed by atoms with Crippen LogP contribution in [-0.2, 0) is 4.74 Å². The Kier molecular flexibility index (Phi) is 4.55. The minimum Gasteiger partial charge on any atom is -0.394 e. The highest BCUT2D eigenvalue weighted by Gasteiger charge is 2.27. The van der Waals surface area contributed by atoms with Crippen molar-refractivity contribution in [3.8, 4) is 0 Å². The van der Waals surface area contributed by atoms with Crippen molar-refractivity contribution in [3.05, 3.63) is 11.9 Å². The molecule has 2 heterocycles. The van der Waals surface area contributed by atoms with E-state index in [0.29, 0.717) is 19.1 Å². The first-order valence-electron chi connectivity index (χ1n) is 6.67. The third-order valence-electron chi connectivity index (χ3n) is 3.39. The standard InChI is InChI=1S/C13H22N4O2/c1-9(2)11-12(14-3)15-8-16-13(11)17-4-5-19-7-10(17)6-18/h8-10,18H,4-7H2,1-3H3,(H,14,15,16). The van der Waals surface area contributed by atoms with Gasteiger partial charge in [0, 0.05) is 19.2 Å². The first kappa shape index (κ1) is 14.0. The molecule has 1 atom stereocenters. The highest BCUT2D eigenvalue weighted by atomic mass is 16.5. The SMILES string of the molecule is CNc1ncnc(N2CCOCC2CO)c1C(C)C. The lowest BCUT2D eigenvalue weighted by molar-refractivity contribution is 0.0721. The third-order valence-corrected chi connectivity index (χ3v) is 3.39. The van der Waals surface area contributed by atoms with Gasteiger partial charge in [0.15, 0.2) is 0 Å². The molecule has 0 bridgehead atoms. The van der Waals surface area contributed by atoms with E-state index in [1.165, 1.54) is 0 Å². The molecule has 1 aliphatic heterocycles.